The fourth-order valence-electron chi connectivity index (χ4n) is 1.82. The van der Waals surface area contributed by atoms with Crippen LogP contribution in [0.4, 0.5) is 0 Å². The van der Waals surface area contributed by atoms with Crippen molar-refractivity contribution in [3.63, 3.8) is 0 Å². The minimum absolute atomic E-state index is 0.581. The molecule has 0 aromatic rings. The highest BCUT2D eigenvalue weighted by Crippen LogP contribution is 2.07. The summed E-state index contributed by atoms with van der Waals surface area (Å²) in [5, 5.41) is 3.52. The van der Waals surface area contributed by atoms with Crippen molar-refractivity contribution in [3.05, 3.63) is 0 Å². The van der Waals surface area contributed by atoms with Crippen molar-refractivity contribution >= 4 is 0 Å². The number of nitrogens with one attached hydrogen (secondary N) is 1. The fraction of sp³-hybridized carbons (Fsp3) is 1.00. The molecule has 0 saturated carbocycles. The zero-order valence-corrected chi connectivity index (χ0v) is 8.34. The summed E-state index contributed by atoms with van der Waals surface area (Å²) < 4.78 is 5.40. The summed E-state index contributed by atoms with van der Waals surface area (Å²) in [7, 11) is 2.17. The SMILES string of the molecule is CC.CN1CC2COCC(C1)N2. The normalized spacial score (nSPS) is 35.2. The average molecular weight is 172 g/mol. The molecule has 72 valence electrons. The average Bonchev–Trinajstić information content (AvgIpc) is 2.07. The van der Waals surface area contributed by atoms with Crippen molar-refractivity contribution in [1.82, 2.24) is 10.2 Å². The van der Waals surface area contributed by atoms with Crippen LogP contribution in [-0.2, 0) is 4.74 Å². The first-order valence-electron chi connectivity index (χ1n) is 4.87. The molecule has 0 radical (unpaired) electrons. The summed E-state index contributed by atoms with van der Waals surface area (Å²) in [4.78, 5) is 2.37. The van der Waals surface area contributed by atoms with Crippen LogP contribution in [0.3, 0.4) is 0 Å². The lowest BCUT2D eigenvalue weighted by atomic mass is 10.1. The standard InChI is InChI=1S/C7H14N2O.C2H6/c1-9-2-6-4-10-5-7(3-9)8-6;1-2/h6-8H,2-5H2,1H3;1-2H3. The molecule has 3 nitrogen and oxygen atoms in total. The molecule has 2 atom stereocenters. The van der Waals surface area contributed by atoms with Crippen LogP contribution in [0.5, 0.6) is 0 Å². The fourth-order valence-corrected chi connectivity index (χ4v) is 1.82. The molecule has 2 fully saturated rings. The molecule has 0 aromatic heterocycles. The van der Waals surface area contributed by atoms with Gasteiger partial charge in [-0.15, -0.1) is 0 Å². The van der Waals surface area contributed by atoms with Crippen molar-refractivity contribution < 1.29 is 4.74 Å². The van der Waals surface area contributed by atoms with Gasteiger partial charge in [-0.3, -0.25) is 0 Å². The number of rotatable bonds is 0. The van der Waals surface area contributed by atoms with Crippen LogP contribution in [0.15, 0.2) is 0 Å². The van der Waals surface area contributed by atoms with E-state index in [-0.39, 0.29) is 0 Å². The number of likely N-dealkylation sites (N-methyl/N-ethyl adjacent to an activating group) is 1. The first kappa shape index (κ1) is 9.96. The van der Waals surface area contributed by atoms with E-state index in [2.05, 4.69) is 17.3 Å². The third-order valence-corrected chi connectivity index (χ3v) is 2.17. The van der Waals surface area contributed by atoms with E-state index in [9.17, 15) is 0 Å². The van der Waals surface area contributed by atoms with Crippen LogP contribution in [0.1, 0.15) is 13.8 Å². The maximum Gasteiger partial charge on any atom is 0.0633 e. The predicted octanol–water partition coefficient (Wildman–Crippen LogP) is 0.315. The van der Waals surface area contributed by atoms with Gasteiger partial charge >= 0.3 is 0 Å². The largest absolute Gasteiger partial charge is 0.378 e. The molecule has 2 unspecified atom stereocenters. The molecule has 2 rings (SSSR count). The Bertz CT molecular complexity index is 114. The van der Waals surface area contributed by atoms with Gasteiger partial charge in [-0.25, -0.2) is 0 Å². The number of ether oxygens (including phenoxy) is 1. The predicted molar refractivity (Wildman–Crippen MR) is 50.4 cm³/mol. The molecule has 2 aliphatic heterocycles. The molecule has 2 bridgehead atoms. The Labute approximate surface area is 75.1 Å². The van der Waals surface area contributed by atoms with Crippen molar-refractivity contribution in [2.24, 2.45) is 0 Å². The highest BCUT2D eigenvalue weighted by Gasteiger charge is 2.28. The topological polar surface area (TPSA) is 24.5 Å². The van der Waals surface area contributed by atoms with Crippen LogP contribution >= 0.6 is 0 Å². The molecule has 3 heteroatoms. The Hall–Kier alpha value is -0.120. The number of hydrogen-bond acceptors (Lipinski definition) is 3. The highest BCUT2D eigenvalue weighted by molar-refractivity contribution is 4.87. The first-order valence-corrected chi connectivity index (χ1v) is 4.87. The Morgan fingerprint density at radius 3 is 2.17 bits per heavy atom. The van der Waals surface area contributed by atoms with Crippen LogP contribution in [-0.4, -0.2) is 50.3 Å². The van der Waals surface area contributed by atoms with Gasteiger partial charge in [0, 0.05) is 25.2 Å². The van der Waals surface area contributed by atoms with Crippen LogP contribution in [0.2, 0.25) is 0 Å². The molecule has 1 N–H and O–H groups in total. The molecule has 0 aromatic carbocycles. The van der Waals surface area contributed by atoms with Crippen LogP contribution in [0.25, 0.3) is 0 Å². The molecule has 12 heavy (non-hydrogen) atoms. The van der Waals surface area contributed by atoms with E-state index < -0.39 is 0 Å². The lowest BCUT2D eigenvalue weighted by Gasteiger charge is -2.40. The summed E-state index contributed by atoms with van der Waals surface area (Å²) in [6.45, 7) is 8.05. The molecule has 0 aliphatic carbocycles. The zero-order chi connectivity index (χ0) is 8.97. The number of nitrogens with zero attached hydrogens (tertiary/aromatic N) is 1. The third-order valence-electron chi connectivity index (χ3n) is 2.17. The van der Waals surface area contributed by atoms with Gasteiger partial charge in [0.15, 0.2) is 0 Å². The van der Waals surface area contributed by atoms with E-state index in [1.807, 2.05) is 13.8 Å². The van der Waals surface area contributed by atoms with Crippen LogP contribution < -0.4 is 5.32 Å². The van der Waals surface area contributed by atoms with E-state index in [0.29, 0.717) is 12.1 Å². The van der Waals surface area contributed by atoms with Gasteiger partial charge in [-0.1, -0.05) is 13.8 Å². The quantitative estimate of drug-likeness (QED) is 0.569. The molecule has 0 amide bonds. The number of morpholine rings is 1. The van der Waals surface area contributed by atoms with Gasteiger partial charge in [0.1, 0.15) is 0 Å². The van der Waals surface area contributed by atoms with E-state index >= 15 is 0 Å². The second-order valence-electron chi connectivity index (χ2n) is 3.32. The number of hydrogen-bond donors (Lipinski definition) is 1. The number of fused-ring (bicyclic) bond motifs is 2. The molecule has 2 saturated heterocycles. The third kappa shape index (κ3) is 2.44. The summed E-state index contributed by atoms with van der Waals surface area (Å²) in [5.74, 6) is 0. The maximum atomic E-state index is 5.40. The Morgan fingerprint density at radius 1 is 1.17 bits per heavy atom. The van der Waals surface area contributed by atoms with Gasteiger partial charge in [-0.2, -0.15) is 0 Å². The molecule has 2 heterocycles. The van der Waals surface area contributed by atoms with E-state index in [4.69, 9.17) is 4.74 Å². The Balaban J connectivity index is 0.000000336. The first-order chi connectivity index (χ1) is 5.84. The minimum Gasteiger partial charge on any atom is -0.378 e. The smallest absolute Gasteiger partial charge is 0.0633 e. The summed E-state index contributed by atoms with van der Waals surface area (Å²) >= 11 is 0. The monoisotopic (exact) mass is 172 g/mol. The van der Waals surface area contributed by atoms with Gasteiger partial charge in [0.25, 0.3) is 0 Å². The second kappa shape index (κ2) is 4.80. The van der Waals surface area contributed by atoms with Crippen LogP contribution in [0, 0.1) is 0 Å². The second-order valence-corrected chi connectivity index (χ2v) is 3.32. The Kier molecular flexibility index (Phi) is 3.98. The van der Waals surface area contributed by atoms with Crippen molar-refractivity contribution in [2.45, 2.75) is 25.9 Å². The van der Waals surface area contributed by atoms with Gasteiger partial charge in [0.2, 0.25) is 0 Å². The summed E-state index contributed by atoms with van der Waals surface area (Å²) in [6, 6.07) is 1.16. The molecular weight excluding hydrogens is 152 g/mol. The molecule has 0 spiro atoms. The lowest BCUT2D eigenvalue weighted by Crippen LogP contribution is -2.61. The number of piperazine rings is 1. The summed E-state index contributed by atoms with van der Waals surface area (Å²) in [6.07, 6.45) is 0. The lowest BCUT2D eigenvalue weighted by molar-refractivity contribution is 0.000319. The van der Waals surface area contributed by atoms with Gasteiger partial charge in [0.05, 0.1) is 13.2 Å². The van der Waals surface area contributed by atoms with Crippen molar-refractivity contribution in [1.29, 1.82) is 0 Å². The van der Waals surface area contributed by atoms with E-state index in [0.717, 1.165) is 26.3 Å². The molecular formula is C9H20N2O. The van der Waals surface area contributed by atoms with E-state index in [1.54, 1.807) is 0 Å². The van der Waals surface area contributed by atoms with Gasteiger partial charge < -0.3 is 15.0 Å². The summed E-state index contributed by atoms with van der Waals surface area (Å²) in [5.41, 5.74) is 0. The zero-order valence-electron chi connectivity index (χ0n) is 8.34. The maximum absolute atomic E-state index is 5.40. The van der Waals surface area contributed by atoms with Crippen molar-refractivity contribution in [2.75, 3.05) is 33.4 Å². The van der Waals surface area contributed by atoms with Gasteiger partial charge in [-0.05, 0) is 7.05 Å². The molecule has 2 aliphatic rings. The Morgan fingerprint density at radius 2 is 1.67 bits per heavy atom. The van der Waals surface area contributed by atoms with E-state index in [1.165, 1.54) is 0 Å². The minimum atomic E-state index is 0.581. The highest BCUT2D eigenvalue weighted by atomic mass is 16.5. The van der Waals surface area contributed by atoms with Crippen molar-refractivity contribution in [3.8, 4) is 0 Å².